The van der Waals surface area contributed by atoms with Crippen molar-refractivity contribution < 1.29 is 9.53 Å². The summed E-state index contributed by atoms with van der Waals surface area (Å²) in [5.74, 6) is 0.0928. The number of aromatic nitrogens is 1. The minimum atomic E-state index is -0.262. The molecule has 0 radical (unpaired) electrons. The van der Waals surface area contributed by atoms with Gasteiger partial charge in [0.1, 0.15) is 5.52 Å². The van der Waals surface area contributed by atoms with Crippen molar-refractivity contribution in [2.24, 2.45) is 0 Å². The van der Waals surface area contributed by atoms with Crippen LogP contribution in [0.3, 0.4) is 0 Å². The molecule has 2 aromatic rings. The second-order valence-corrected chi connectivity index (χ2v) is 5.21. The largest absolute Gasteiger partial charge is 0.480 e. The lowest BCUT2D eigenvalue weighted by atomic mass is 10.2. The molecule has 1 N–H and O–H groups in total. The molecular formula is C15H14Cl2N2O2. The van der Waals surface area contributed by atoms with Crippen LogP contribution in [-0.2, 0) is 4.79 Å². The van der Waals surface area contributed by atoms with Crippen molar-refractivity contribution in [1.29, 1.82) is 0 Å². The van der Waals surface area contributed by atoms with Crippen LogP contribution < -0.4 is 10.1 Å². The average molecular weight is 325 g/mol. The van der Waals surface area contributed by atoms with E-state index in [9.17, 15) is 4.79 Å². The minimum Gasteiger partial charge on any atom is -0.480 e. The van der Waals surface area contributed by atoms with Crippen LogP contribution in [0.5, 0.6) is 5.75 Å². The van der Waals surface area contributed by atoms with Crippen LogP contribution in [0.25, 0.3) is 10.9 Å². The molecule has 0 bridgehead atoms. The maximum atomic E-state index is 11.6. The fourth-order valence-electron chi connectivity index (χ4n) is 1.80. The number of hydrogen-bond acceptors (Lipinski definition) is 3. The van der Waals surface area contributed by atoms with Crippen molar-refractivity contribution in [3.8, 4) is 5.75 Å². The SMILES string of the molecule is C=CCNC(=O)COc1c(Cl)cc(Cl)c2ccc(C)nc12. The molecular weight excluding hydrogens is 311 g/mol. The molecule has 6 heteroatoms. The predicted octanol–water partition coefficient (Wildman–Crippen LogP) is 3.53. The maximum absolute atomic E-state index is 11.6. The first-order chi connectivity index (χ1) is 10.0. The molecule has 0 unspecified atom stereocenters. The topological polar surface area (TPSA) is 51.2 Å². The summed E-state index contributed by atoms with van der Waals surface area (Å²) in [6.45, 7) is 5.61. The van der Waals surface area contributed by atoms with Gasteiger partial charge in [-0.2, -0.15) is 0 Å². The summed E-state index contributed by atoms with van der Waals surface area (Å²) in [5.41, 5.74) is 1.35. The molecule has 0 aliphatic carbocycles. The molecule has 0 atom stereocenters. The Morgan fingerprint density at radius 1 is 1.43 bits per heavy atom. The second-order valence-electron chi connectivity index (χ2n) is 4.40. The van der Waals surface area contributed by atoms with Gasteiger partial charge >= 0.3 is 0 Å². The van der Waals surface area contributed by atoms with E-state index in [2.05, 4.69) is 16.9 Å². The van der Waals surface area contributed by atoms with E-state index >= 15 is 0 Å². The Kier molecular flexibility index (Phi) is 5.04. The molecule has 1 aromatic heterocycles. The number of nitrogens with zero attached hydrogens (tertiary/aromatic N) is 1. The number of benzene rings is 1. The second kappa shape index (κ2) is 6.78. The molecule has 0 fully saturated rings. The molecule has 0 saturated carbocycles. The molecule has 0 aliphatic rings. The Labute approximate surface area is 132 Å². The Bertz CT molecular complexity index is 702. The zero-order valence-electron chi connectivity index (χ0n) is 11.5. The molecule has 4 nitrogen and oxygen atoms in total. The number of halogens is 2. The third-order valence-corrected chi connectivity index (χ3v) is 3.36. The number of pyridine rings is 1. The summed E-state index contributed by atoms with van der Waals surface area (Å²) in [7, 11) is 0. The summed E-state index contributed by atoms with van der Waals surface area (Å²) < 4.78 is 5.52. The monoisotopic (exact) mass is 324 g/mol. The first-order valence-electron chi connectivity index (χ1n) is 6.28. The van der Waals surface area contributed by atoms with E-state index in [0.29, 0.717) is 27.9 Å². The number of amides is 1. The molecule has 0 spiro atoms. The molecule has 1 amide bonds. The molecule has 1 heterocycles. The van der Waals surface area contributed by atoms with Crippen molar-refractivity contribution in [1.82, 2.24) is 10.3 Å². The van der Waals surface area contributed by atoms with Crippen LogP contribution in [0, 0.1) is 6.92 Å². The molecule has 0 aliphatic heterocycles. The lowest BCUT2D eigenvalue weighted by molar-refractivity contribution is -0.122. The Morgan fingerprint density at radius 3 is 2.90 bits per heavy atom. The Morgan fingerprint density at radius 2 is 2.19 bits per heavy atom. The standard InChI is InChI=1S/C15H14Cl2N2O2/c1-3-6-18-13(20)8-21-15-12(17)7-11(16)10-5-4-9(2)19-14(10)15/h3-5,7H,1,6,8H2,2H3,(H,18,20). The number of rotatable bonds is 5. The van der Waals surface area contributed by atoms with Crippen LogP contribution >= 0.6 is 23.2 Å². The smallest absolute Gasteiger partial charge is 0.258 e. The molecule has 21 heavy (non-hydrogen) atoms. The summed E-state index contributed by atoms with van der Waals surface area (Å²) >= 11 is 12.3. The lowest BCUT2D eigenvalue weighted by Crippen LogP contribution is -2.28. The molecule has 0 saturated heterocycles. The van der Waals surface area contributed by atoms with Crippen LogP contribution in [0.2, 0.25) is 10.0 Å². The van der Waals surface area contributed by atoms with Gasteiger partial charge in [-0.25, -0.2) is 4.98 Å². The van der Waals surface area contributed by atoms with E-state index in [1.807, 2.05) is 19.1 Å². The summed E-state index contributed by atoms with van der Waals surface area (Å²) in [5, 5.41) is 4.16. The van der Waals surface area contributed by atoms with Gasteiger partial charge in [0.2, 0.25) is 0 Å². The van der Waals surface area contributed by atoms with Gasteiger partial charge in [-0.3, -0.25) is 4.79 Å². The van der Waals surface area contributed by atoms with Crippen molar-refractivity contribution >= 4 is 40.0 Å². The van der Waals surface area contributed by atoms with E-state index in [1.54, 1.807) is 12.1 Å². The fourth-order valence-corrected chi connectivity index (χ4v) is 2.37. The third-order valence-electron chi connectivity index (χ3n) is 2.77. The predicted molar refractivity (Wildman–Crippen MR) is 85.2 cm³/mol. The number of nitrogens with one attached hydrogen (secondary N) is 1. The van der Waals surface area contributed by atoms with Crippen LogP contribution in [0.1, 0.15) is 5.69 Å². The highest BCUT2D eigenvalue weighted by atomic mass is 35.5. The number of carbonyl (C=O) groups excluding carboxylic acids is 1. The van der Waals surface area contributed by atoms with Gasteiger partial charge in [0.05, 0.1) is 10.0 Å². The van der Waals surface area contributed by atoms with E-state index < -0.39 is 0 Å². The lowest BCUT2D eigenvalue weighted by Gasteiger charge is -2.12. The van der Waals surface area contributed by atoms with Crippen molar-refractivity contribution in [2.45, 2.75) is 6.92 Å². The van der Waals surface area contributed by atoms with Crippen LogP contribution in [0.4, 0.5) is 0 Å². The van der Waals surface area contributed by atoms with Crippen molar-refractivity contribution in [3.63, 3.8) is 0 Å². The highest BCUT2D eigenvalue weighted by Crippen LogP contribution is 2.37. The van der Waals surface area contributed by atoms with Gasteiger partial charge in [-0.1, -0.05) is 29.3 Å². The quantitative estimate of drug-likeness (QED) is 0.856. The van der Waals surface area contributed by atoms with Gasteiger partial charge in [0.25, 0.3) is 5.91 Å². The fraction of sp³-hybridized carbons (Fsp3) is 0.200. The van der Waals surface area contributed by atoms with Gasteiger partial charge in [0, 0.05) is 17.6 Å². The van der Waals surface area contributed by atoms with Gasteiger partial charge in [-0.05, 0) is 25.1 Å². The Balaban J connectivity index is 2.32. The van der Waals surface area contributed by atoms with Crippen molar-refractivity contribution in [2.75, 3.05) is 13.2 Å². The summed E-state index contributed by atoms with van der Waals surface area (Å²) in [6.07, 6.45) is 1.59. The van der Waals surface area contributed by atoms with Crippen LogP contribution in [-0.4, -0.2) is 24.0 Å². The maximum Gasteiger partial charge on any atom is 0.258 e. The summed E-state index contributed by atoms with van der Waals surface area (Å²) in [4.78, 5) is 16.0. The number of aryl methyl sites for hydroxylation is 1. The molecule has 110 valence electrons. The summed E-state index contributed by atoms with van der Waals surface area (Å²) in [6, 6.07) is 5.28. The molecule has 1 aromatic carbocycles. The highest BCUT2D eigenvalue weighted by Gasteiger charge is 2.14. The average Bonchev–Trinajstić information content (AvgIpc) is 2.44. The third kappa shape index (κ3) is 3.65. The van der Waals surface area contributed by atoms with Gasteiger partial charge in [-0.15, -0.1) is 6.58 Å². The Hall–Kier alpha value is -1.78. The van der Waals surface area contributed by atoms with Gasteiger partial charge in [0.15, 0.2) is 12.4 Å². The minimum absolute atomic E-state index is 0.153. The van der Waals surface area contributed by atoms with Gasteiger partial charge < -0.3 is 10.1 Å². The van der Waals surface area contributed by atoms with E-state index in [-0.39, 0.29) is 12.5 Å². The number of hydrogen-bond donors (Lipinski definition) is 1. The zero-order chi connectivity index (χ0) is 15.4. The normalized spacial score (nSPS) is 10.4. The number of carbonyl (C=O) groups is 1. The van der Waals surface area contributed by atoms with Crippen LogP contribution in [0.15, 0.2) is 30.9 Å². The number of ether oxygens (including phenoxy) is 1. The van der Waals surface area contributed by atoms with E-state index in [0.717, 1.165) is 11.1 Å². The van der Waals surface area contributed by atoms with E-state index in [4.69, 9.17) is 27.9 Å². The van der Waals surface area contributed by atoms with Crippen molar-refractivity contribution in [3.05, 3.63) is 46.6 Å². The number of fused-ring (bicyclic) bond motifs is 1. The molecule has 2 rings (SSSR count). The first kappa shape index (κ1) is 15.6. The zero-order valence-corrected chi connectivity index (χ0v) is 13.0. The first-order valence-corrected chi connectivity index (χ1v) is 7.04. The highest BCUT2D eigenvalue weighted by molar-refractivity contribution is 6.39. The van der Waals surface area contributed by atoms with E-state index in [1.165, 1.54) is 0 Å².